The number of rotatable bonds is 12. The van der Waals surface area contributed by atoms with Crippen LogP contribution in [-0.4, -0.2) is 25.2 Å². The quantitative estimate of drug-likeness (QED) is 0.0404. The molecule has 0 amide bonds. The number of esters is 2. The van der Waals surface area contributed by atoms with Gasteiger partial charge in [-0.3, -0.25) is 0 Å². The van der Waals surface area contributed by atoms with Crippen molar-refractivity contribution in [2.75, 3.05) is 13.2 Å². The molecule has 0 N–H and O–H groups in total. The molecule has 0 aromatic heterocycles. The van der Waals surface area contributed by atoms with Crippen LogP contribution < -0.4 is 0 Å². The molecule has 1 aliphatic rings. The monoisotopic (exact) mass is 844 g/mol. The van der Waals surface area contributed by atoms with Crippen molar-refractivity contribution in [1.82, 2.24) is 0 Å². The number of hydrogen-bond donors (Lipinski definition) is 0. The zero-order chi connectivity index (χ0) is 44.7. The maximum Gasteiger partial charge on any atom is 0.333 e. The van der Waals surface area contributed by atoms with Crippen molar-refractivity contribution in [2.24, 2.45) is 0 Å². The van der Waals surface area contributed by atoms with Crippen LogP contribution in [0, 0.1) is 6.92 Å². The largest absolute Gasteiger partial charge is 0.462 e. The molecule has 65 heavy (non-hydrogen) atoms. The minimum absolute atomic E-state index is 0.288. The van der Waals surface area contributed by atoms with Gasteiger partial charge in [0.05, 0.1) is 13.2 Å². The van der Waals surface area contributed by atoms with Crippen molar-refractivity contribution >= 4 is 76.6 Å². The summed E-state index contributed by atoms with van der Waals surface area (Å²) in [6.45, 7) is 18.2. The first-order valence-corrected chi connectivity index (χ1v) is 22.5. The fourth-order valence-electron chi connectivity index (χ4n) is 10.9. The molecule has 316 valence electrons. The molecule has 0 saturated heterocycles. The van der Waals surface area contributed by atoms with Crippen LogP contribution in [0.4, 0.5) is 0 Å². The Morgan fingerprint density at radius 2 is 0.954 bits per heavy atom. The SMILES string of the molecule is C=CC1(CCCOC(=O)C(=C)C)c2cc(-c3ccc4ccc5cc(C)cc6ccc3c4c56)ccc2-c2ccc(-c3ccc4ccc5cc(CCOC(=O)C(=C)C)cc6ccc3c4c56)cc21. The van der Waals surface area contributed by atoms with E-state index in [9.17, 15) is 9.59 Å². The Kier molecular flexibility index (Phi) is 9.48. The maximum atomic E-state index is 12.5. The van der Waals surface area contributed by atoms with E-state index in [4.69, 9.17) is 9.47 Å². The van der Waals surface area contributed by atoms with Gasteiger partial charge >= 0.3 is 11.9 Å². The Balaban J connectivity index is 1.02. The summed E-state index contributed by atoms with van der Waals surface area (Å²) in [5.41, 5.74) is 12.1. The summed E-state index contributed by atoms with van der Waals surface area (Å²) in [5.74, 6) is -0.729. The minimum atomic E-state index is -0.549. The van der Waals surface area contributed by atoms with Crippen LogP contribution in [-0.2, 0) is 30.9 Å². The number of carbonyl (C=O) groups is 2. The van der Waals surface area contributed by atoms with E-state index < -0.39 is 5.41 Å². The Bertz CT molecular complexity index is 3620. The fourth-order valence-corrected chi connectivity index (χ4v) is 10.9. The van der Waals surface area contributed by atoms with Gasteiger partial charge in [0, 0.05) is 23.0 Å². The molecule has 0 saturated carbocycles. The molecular formula is C61H48O4. The third-order valence-electron chi connectivity index (χ3n) is 13.9. The highest BCUT2D eigenvalue weighted by Gasteiger charge is 2.41. The molecule has 11 rings (SSSR count). The van der Waals surface area contributed by atoms with Crippen LogP contribution >= 0.6 is 0 Å². The summed E-state index contributed by atoms with van der Waals surface area (Å²) in [6, 6.07) is 49.9. The van der Waals surface area contributed by atoms with Crippen LogP contribution in [0.5, 0.6) is 0 Å². The maximum absolute atomic E-state index is 12.5. The van der Waals surface area contributed by atoms with Gasteiger partial charge in [-0.25, -0.2) is 9.59 Å². The van der Waals surface area contributed by atoms with Gasteiger partial charge in [0.2, 0.25) is 0 Å². The summed E-state index contributed by atoms with van der Waals surface area (Å²) in [5, 5.41) is 14.8. The highest BCUT2D eigenvalue weighted by Crippen LogP contribution is 2.55. The van der Waals surface area contributed by atoms with Gasteiger partial charge in [0.25, 0.3) is 0 Å². The first kappa shape index (κ1) is 40.2. The number of hydrogen-bond acceptors (Lipinski definition) is 4. The lowest BCUT2D eigenvalue weighted by Crippen LogP contribution is -2.23. The first-order valence-electron chi connectivity index (χ1n) is 22.5. The summed E-state index contributed by atoms with van der Waals surface area (Å²) in [4.78, 5) is 24.6. The van der Waals surface area contributed by atoms with Crippen LogP contribution in [0.25, 0.3) is 98.0 Å². The van der Waals surface area contributed by atoms with Crippen molar-refractivity contribution in [3.8, 4) is 33.4 Å². The number of carbonyl (C=O) groups excluding carboxylic acids is 2. The smallest absolute Gasteiger partial charge is 0.333 e. The predicted octanol–water partition coefficient (Wildman–Crippen LogP) is 15.1. The number of fused-ring (bicyclic) bond motifs is 3. The molecule has 10 aromatic rings. The van der Waals surface area contributed by atoms with Crippen LogP contribution in [0.3, 0.4) is 0 Å². The summed E-state index contributed by atoms with van der Waals surface area (Å²) in [6.07, 6.45) is 4.10. The van der Waals surface area contributed by atoms with Gasteiger partial charge in [-0.15, -0.1) is 6.58 Å². The highest BCUT2D eigenvalue weighted by molar-refractivity contribution is 6.27. The molecule has 1 atom stereocenters. The zero-order valence-electron chi connectivity index (χ0n) is 37.1. The number of ether oxygens (including phenoxy) is 2. The van der Waals surface area contributed by atoms with Crippen LogP contribution in [0.2, 0.25) is 0 Å². The summed E-state index contributed by atoms with van der Waals surface area (Å²) >= 11 is 0. The van der Waals surface area contributed by atoms with Crippen molar-refractivity contribution in [2.45, 2.75) is 45.4 Å². The van der Waals surface area contributed by atoms with Gasteiger partial charge in [-0.05, 0) is 166 Å². The third-order valence-corrected chi connectivity index (χ3v) is 13.9. The molecular weight excluding hydrogens is 797 g/mol. The number of benzene rings is 10. The van der Waals surface area contributed by atoms with Crippen LogP contribution in [0.15, 0.2) is 170 Å². The molecule has 4 nitrogen and oxygen atoms in total. The van der Waals surface area contributed by atoms with Crippen molar-refractivity contribution in [3.05, 3.63) is 193 Å². The number of aryl methyl sites for hydroxylation is 1. The second-order valence-electron chi connectivity index (χ2n) is 18.2. The Hall–Kier alpha value is -7.56. The van der Waals surface area contributed by atoms with E-state index >= 15 is 0 Å². The standard InChI is InChI=1S/C61H48O4/c1-7-61(26-8-27-64-59(62)35(2)3)53-33-41(47-19-13-39-9-11-43-29-37(6)30-44-17-23-51(47)57(39)55(43)44)15-21-49(53)50-22-16-42(34-54(50)61)48-20-14-40-10-12-45-31-38(25-28-65-60(63)36(4)5)32-46-18-24-52(48)58(40)56(45)46/h7,9-24,29-34H,1-2,4,8,25-28H2,3,5-6H3. The lowest BCUT2D eigenvalue weighted by molar-refractivity contribution is -0.139. The Morgan fingerprint density at radius 3 is 1.45 bits per heavy atom. The fraction of sp³-hybridized carbons (Fsp3) is 0.148. The molecule has 10 aromatic carbocycles. The third kappa shape index (κ3) is 6.42. The first-order chi connectivity index (χ1) is 31.5. The molecule has 1 aliphatic carbocycles. The van der Waals surface area contributed by atoms with E-state index in [0.29, 0.717) is 37.0 Å². The van der Waals surface area contributed by atoms with E-state index in [-0.39, 0.29) is 18.5 Å². The van der Waals surface area contributed by atoms with Gasteiger partial charge in [-0.1, -0.05) is 141 Å². The van der Waals surface area contributed by atoms with E-state index in [1.165, 1.54) is 92.8 Å². The second-order valence-corrected chi connectivity index (χ2v) is 18.2. The topological polar surface area (TPSA) is 52.6 Å². The summed E-state index contributed by atoms with van der Waals surface area (Å²) < 4.78 is 11.1. The number of allylic oxidation sites excluding steroid dienone is 1. The van der Waals surface area contributed by atoms with Crippen molar-refractivity contribution in [3.63, 3.8) is 0 Å². The van der Waals surface area contributed by atoms with Crippen molar-refractivity contribution in [1.29, 1.82) is 0 Å². The molecule has 0 aliphatic heterocycles. The van der Waals surface area contributed by atoms with E-state index in [1.807, 2.05) is 0 Å². The van der Waals surface area contributed by atoms with Gasteiger partial charge in [0.1, 0.15) is 0 Å². The molecule has 4 heteroatoms. The highest BCUT2D eigenvalue weighted by atomic mass is 16.5. The average Bonchev–Trinajstić information content (AvgIpc) is 3.58. The Labute approximate surface area is 378 Å². The molecule has 1 unspecified atom stereocenters. The lowest BCUT2D eigenvalue weighted by atomic mass is 9.73. The van der Waals surface area contributed by atoms with E-state index in [2.05, 4.69) is 166 Å². The van der Waals surface area contributed by atoms with Gasteiger partial charge < -0.3 is 9.47 Å². The lowest BCUT2D eigenvalue weighted by Gasteiger charge is -2.29. The van der Waals surface area contributed by atoms with Gasteiger partial charge in [0.15, 0.2) is 0 Å². The predicted molar refractivity (Wildman–Crippen MR) is 270 cm³/mol. The molecule has 0 radical (unpaired) electrons. The Morgan fingerprint density at radius 1 is 0.523 bits per heavy atom. The van der Waals surface area contributed by atoms with E-state index in [0.717, 1.165) is 27.5 Å². The normalized spacial score (nSPS) is 14.4. The van der Waals surface area contributed by atoms with Crippen molar-refractivity contribution < 1.29 is 19.1 Å². The van der Waals surface area contributed by atoms with Gasteiger partial charge in [-0.2, -0.15) is 0 Å². The zero-order valence-corrected chi connectivity index (χ0v) is 37.1. The summed E-state index contributed by atoms with van der Waals surface area (Å²) in [7, 11) is 0. The molecule has 0 heterocycles. The molecule has 0 bridgehead atoms. The van der Waals surface area contributed by atoms with E-state index in [1.54, 1.807) is 13.8 Å². The second kappa shape index (κ2) is 15.3. The molecule has 0 fully saturated rings. The minimum Gasteiger partial charge on any atom is -0.462 e. The van der Waals surface area contributed by atoms with Crippen LogP contribution in [0.1, 0.15) is 48.9 Å². The average molecular weight is 845 g/mol. The molecule has 0 spiro atoms.